The highest BCUT2D eigenvalue weighted by Crippen LogP contribution is 2.15. The Kier molecular flexibility index (Phi) is 4.99. The number of hydrogen-bond acceptors (Lipinski definition) is 4. The largest absolute Gasteiger partial charge is 0.394 e. The molecule has 0 bridgehead atoms. The molecule has 1 aliphatic heterocycles. The van der Waals surface area contributed by atoms with Gasteiger partial charge in [-0.25, -0.2) is 0 Å². The highest BCUT2D eigenvalue weighted by Gasteiger charge is 2.29. The first-order chi connectivity index (χ1) is 7.13. The standard InChI is InChI=1S/C11H24N2O2/c1-4-12-11(2,9-14)8-13-6-5-10(7-13)15-3/h10,12,14H,4-9H2,1-3H3. The zero-order valence-electron chi connectivity index (χ0n) is 10.1. The molecule has 0 amide bonds. The predicted octanol–water partition coefficient (Wildman–Crippen LogP) is 0.0676. The molecule has 0 saturated carbocycles. The summed E-state index contributed by atoms with van der Waals surface area (Å²) in [5, 5.41) is 12.7. The first kappa shape index (κ1) is 12.9. The summed E-state index contributed by atoms with van der Waals surface area (Å²) in [6.45, 7) is 8.13. The maximum absolute atomic E-state index is 9.38. The van der Waals surface area contributed by atoms with E-state index in [4.69, 9.17) is 4.74 Å². The van der Waals surface area contributed by atoms with Gasteiger partial charge in [-0.2, -0.15) is 0 Å². The van der Waals surface area contributed by atoms with Gasteiger partial charge in [-0.05, 0) is 19.9 Å². The van der Waals surface area contributed by atoms with E-state index in [1.54, 1.807) is 7.11 Å². The van der Waals surface area contributed by atoms with Crippen LogP contribution in [0.5, 0.6) is 0 Å². The number of hydrogen-bond donors (Lipinski definition) is 2. The van der Waals surface area contributed by atoms with Crippen LogP contribution in [0.15, 0.2) is 0 Å². The summed E-state index contributed by atoms with van der Waals surface area (Å²) >= 11 is 0. The Morgan fingerprint density at radius 2 is 2.33 bits per heavy atom. The van der Waals surface area contributed by atoms with E-state index >= 15 is 0 Å². The number of aliphatic hydroxyl groups excluding tert-OH is 1. The lowest BCUT2D eigenvalue weighted by molar-refractivity contribution is 0.0933. The van der Waals surface area contributed by atoms with Crippen molar-refractivity contribution in [3.8, 4) is 0 Å². The van der Waals surface area contributed by atoms with Crippen molar-refractivity contribution in [2.24, 2.45) is 0 Å². The third kappa shape index (κ3) is 3.72. The molecule has 4 nitrogen and oxygen atoms in total. The Morgan fingerprint density at radius 3 is 2.80 bits per heavy atom. The van der Waals surface area contributed by atoms with Crippen LogP contribution in [-0.2, 0) is 4.74 Å². The van der Waals surface area contributed by atoms with Crippen LogP contribution in [-0.4, -0.2) is 61.5 Å². The van der Waals surface area contributed by atoms with Gasteiger partial charge >= 0.3 is 0 Å². The molecule has 2 unspecified atom stereocenters. The Morgan fingerprint density at radius 1 is 1.60 bits per heavy atom. The Bertz CT molecular complexity index is 189. The van der Waals surface area contributed by atoms with E-state index in [-0.39, 0.29) is 12.1 Å². The van der Waals surface area contributed by atoms with Crippen molar-refractivity contribution >= 4 is 0 Å². The lowest BCUT2D eigenvalue weighted by Crippen LogP contribution is -2.53. The number of likely N-dealkylation sites (N-methyl/N-ethyl adjacent to an activating group) is 1. The van der Waals surface area contributed by atoms with Crippen LogP contribution < -0.4 is 5.32 Å². The normalized spacial score (nSPS) is 26.8. The van der Waals surface area contributed by atoms with Crippen molar-refractivity contribution in [2.45, 2.75) is 31.9 Å². The molecule has 0 aromatic heterocycles. The van der Waals surface area contributed by atoms with Gasteiger partial charge in [-0.3, -0.25) is 4.90 Å². The number of nitrogens with one attached hydrogen (secondary N) is 1. The average molecular weight is 216 g/mol. The molecule has 0 spiro atoms. The van der Waals surface area contributed by atoms with Crippen molar-refractivity contribution in [1.29, 1.82) is 0 Å². The van der Waals surface area contributed by atoms with Gasteiger partial charge < -0.3 is 15.2 Å². The second kappa shape index (κ2) is 5.80. The summed E-state index contributed by atoms with van der Waals surface area (Å²) in [6, 6.07) is 0. The van der Waals surface area contributed by atoms with E-state index < -0.39 is 0 Å². The number of nitrogens with zero attached hydrogens (tertiary/aromatic N) is 1. The van der Waals surface area contributed by atoms with Gasteiger partial charge in [0.05, 0.1) is 18.2 Å². The smallest absolute Gasteiger partial charge is 0.0710 e. The minimum atomic E-state index is -0.183. The zero-order chi connectivity index (χ0) is 11.3. The van der Waals surface area contributed by atoms with E-state index in [2.05, 4.69) is 24.1 Å². The van der Waals surface area contributed by atoms with Gasteiger partial charge in [0.25, 0.3) is 0 Å². The van der Waals surface area contributed by atoms with Crippen LogP contribution in [0.2, 0.25) is 0 Å². The van der Waals surface area contributed by atoms with Crippen LogP contribution in [0, 0.1) is 0 Å². The maximum Gasteiger partial charge on any atom is 0.0710 e. The number of rotatable bonds is 6. The number of likely N-dealkylation sites (tertiary alicyclic amines) is 1. The second-order valence-corrected chi connectivity index (χ2v) is 4.63. The Hall–Kier alpha value is -0.160. The van der Waals surface area contributed by atoms with Crippen LogP contribution in [0.3, 0.4) is 0 Å². The molecule has 0 radical (unpaired) electrons. The van der Waals surface area contributed by atoms with E-state index in [1.807, 2.05) is 0 Å². The molecule has 90 valence electrons. The number of methoxy groups -OCH3 is 1. The van der Waals surface area contributed by atoms with Crippen molar-refractivity contribution < 1.29 is 9.84 Å². The molecular weight excluding hydrogens is 192 g/mol. The minimum absolute atomic E-state index is 0.176. The minimum Gasteiger partial charge on any atom is -0.394 e. The molecule has 0 aromatic rings. The third-order valence-corrected chi connectivity index (χ3v) is 3.09. The van der Waals surface area contributed by atoms with Crippen molar-refractivity contribution in [2.75, 3.05) is 39.9 Å². The number of aliphatic hydroxyl groups is 1. The molecule has 0 aliphatic carbocycles. The predicted molar refractivity (Wildman–Crippen MR) is 61.0 cm³/mol. The summed E-state index contributed by atoms with van der Waals surface area (Å²) in [7, 11) is 1.77. The third-order valence-electron chi connectivity index (χ3n) is 3.09. The van der Waals surface area contributed by atoms with Crippen LogP contribution in [0.25, 0.3) is 0 Å². The lowest BCUT2D eigenvalue weighted by Gasteiger charge is -2.32. The summed E-state index contributed by atoms with van der Waals surface area (Å²) in [4.78, 5) is 2.35. The fourth-order valence-corrected chi connectivity index (χ4v) is 2.22. The Balaban J connectivity index is 2.39. The summed E-state index contributed by atoms with van der Waals surface area (Å²) in [6.07, 6.45) is 1.47. The van der Waals surface area contributed by atoms with Crippen molar-refractivity contribution in [1.82, 2.24) is 10.2 Å². The van der Waals surface area contributed by atoms with Crippen LogP contribution >= 0.6 is 0 Å². The van der Waals surface area contributed by atoms with Crippen molar-refractivity contribution in [3.05, 3.63) is 0 Å². The molecule has 1 rings (SSSR count). The average Bonchev–Trinajstić information content (AvgIpc) is 2.66. The molecule has 1 aliphatic rings. The zero-order valence-corrected chi connectivity index (χ0v) is 10.1. The molecule has 2 N–H and O–H groups in total. The molecule has 1 saturated heterocycles. The van der Waals surface area contributed by atoms with E-state index in [9.17, 15) is 5.11 Å². The van der Waals surface area contributed by atoms with Crippen LogP contribution in [0.4, 0.5) is 0 Å². The monoisotopic (exact) mass is 216 g/mol. The summed E-state index contributed by atoms with van der Waals surface area (Å²) in [5.41, 5.74) is -0.183. The van der Waals surface area contributed by atoms with Crippen LogP contribution in [0.1, 0.15) is 20.3 Å². The molecule has 15 heavy (non-hydrogen) atoms. The molecule has 2 atom stereocenters. The molecule has 1 fully saturated rings. The fourth-order valence-electron chi connectivity index (χ4n) is 2.22. The fraction of sp³-hybridized carbons (Fsp3) is 1.00. The highest BCUT2D eigenvalue weighted by atomic mass is 16.5. The van der Waals surface area contributed by atoms with E-state index in [1.165, 1.54) is 0 Å². The lowest BCUT2D eigenvalue weighted by atomic mass is 10.0. The molecular formula is C11H24N2O2. The van der Waals surface area contributed by atoms with Crippen molar-refractivity contribution in [3.63, 3.8) is 0 Å². The van der Waals surface area contributed by atoms with Gasteiger partial charge in [0.2, 0.25) is 0 Å². The quantitative estimate of drug-likeness (QED) is 0.659. The Labute approximate surface area is 92.6 Å². The highest BCUT2D eigenvalue weighted by molar-refractivity contribution is 4.88. The van der Waals surface area contributed by atoms with E-state index in [0.717, 1.165) is 32.6 Å². The van der Waals surface area contributed by atoms with Gasteiger partial charge in [0, 0.05) is 26.7 Å². The van der Waals surface area contributed by atoms with E-state index in [0.29, 0.717) is 6.10 Å². The second-order valence-electron chi connectivity index (χ2n) is 4.63. The van der Waals surface area contributed by atoms with Gasteiger partial charge in [-0.15, -0.1) is 0 Å². The maximum atomic E-state index is 9.38. The molecule has 0 aromatic carbocycles. The summed E-state index contributed by atoms with van der Waals surface area (Å²) < 4.78 is 5.32. The van der Waals surface area contributed by atoms with Gasteiger partial charge in [-0.1, -0.05) is 6.92 Å². The summed E-state index contributed by atoms with van der Waals surface area (Å²) in [5.74, 6) is 0. The van der Waals surface area contributed by atoms with Gasteiger partial charge in [0.1, 0.15) is 0 Å². The first-order valence-electron chi connectivity index (χ1n) is 5.74. The molecule has 4 heteroatoms. The molecule has 1 heterocycles. The number of ether oxygens (including phenoxy) is 1. The topological polar surface area (TPSA) is 44.7 Å². The first-order valence-corrected chi connectivity index (χ1v) is 5.74. The van der Waals surface area contributed by atoms with Gasteiger partial charge in [0.15, 0.2) is 0 Å². The SMILES string of the molecule is CCNC(C)(CO)CN1CCC(OC)C1.